The Hall–Kier alpha value is -1.94. The van der Waals surface area contributed by atoms with Gasteiger partial charge in [-0.25, -0.2) is 9.18 Å². The maximum absolute atomic E-state index is 14.3. The van der Waals surface area contributed by atoms with Crippen LogP contribution in [0.3, 0.4) is 0 Å². The third kappa shape index (κ3) is 3.08. The fraction of sp³-hybridized carbons (Fsp3) is 0.538. The predicted octanol–water partition coefficient (Wildman–Crippen LogP) is 1.87. The number of ether oxygens (including phenoxy) is 1. The lowest BCUT2D eigenvalue weighted by molar-refractivity contribution is -0.143. The van der Waals surface area contributed by atoms with E-state index in [4.69, 9.17) is 9.84 Å². The van der Waals surface area contributed by atoms with Crippen molar-refractivity contribution < 1.29 is 37.3 Å². The van der Waals surface area contributed by atoms with Gasteiger partial charge in [-0.05, 0) is 13.0 Å². The topological polar surface area (TPSA) is 91.7 Å². The molecule has 1 aliphatic rings. The van der Waals surface area contributed by atoms with Crippen molar-refractivity contribution in [3.8, 4) is 0 Å². The van der Waals surface area contributed by atoms with Crippen LogP contribution in [0.1, 0.15) is 24.6 Å². The second kappa shape index (κ2) is 5.60. The van der Waals surface area contributed by atoms with Gasteiger partial charge in [-0.3, -0.25) is 4.98 Å². The van der Waals surface area contributed by atoms with Crippen LogP contribution in [-0.4, -0.2) is 40.1 Å². The van der Waals surface area contributed by atoms with Crippen molar-refractivity contribution in [2.45, 2.75) is 30.7 Å². The molecular formula is C13H14F4N2O4. The Labute approximate surface area is 128 Å². The Morgan fingerprint density at radius 2 is 2.13 bits per heavy atom. The normalized spacial score (nSPS) is 28.4. The predicted molar refractivity (Wildman–Crippen MR) is 68.1 cm³/mol. The lowest BCUT2D eigenvalue weighted by Gasteiger charge is -2.47. The van der Waals surface area contributed by atoms with E-state index in [-0.39, 0.29) is 25.7 Å². The average molecular weight is 338 g/mol. The number of nitrogens with zero attached hydrogens (tertiary/aromatic N) is 1. The zero-order valence-corrected chi connectivity index (χ0v) is 11.9. The van der Waals surface area contributed by atoms with E-state index in [0.29, 0.717) is 6.20 Å². The minimum atomic E-state index is -4.79. The minimum Gasteiger partial charge on any atom is -0.465 e. The number of rotatable bonds is 2. The number of amides is 1. The summed E-state index contributed by atoms with van der Waals surface area (Å²) in [5.74, 6) is -1.37. The molecular weight excluding hydrogens is 324 g/mol. The molecule has 1 aromatic rings. The molecule has 23 heavy (non-hydrogen) atoms. The molecule has 2 heterocycles. The number of alkyl halides is 3. The molecule has 0 spiro atoms. The van der Waals surface area contributed by atoms with Crippen LogP contribution in [0.4, 0.5) is 22.4 Å². The summed E-state index contributed by atoms with van der Waals surface area (Å²) in [6.45, 7) is 0.828. The van der Waals surface area contributed by atoms with E-state index in [9.17, 15) is 27.5 Å². The number of aromatic nitrogens is 1. The maximum Gasteiger partial charge on any atom is 0.417 e. The van der Waals surface area contributed by atoms with Gasteiger partial charge in [0.2, 0.25) is 0 Å². The number of aliphatic hydroxyl groups is 1. The van der Waals surface area contributed by atoms with E-state index in [1.165, 1.54) is 6.92 Å². The van der Waals surface area contributed by atoms with Gasteiger partial charge >= 0.3 is 12.3 Å². The van der Waals surface area contributed by atoms with Crippen molar-refractivity contribution in [1.29, 1.82) is 0 Å². The highest BCUT2D eigenvalue weighted by atomic mass is 19.4. The summed E-state index contributed by atoms with van der Waals surface area (Å²) >= 11 is 0. The van der Waals surface area contributed by atoms with E-state index in [1.807, 2.05) is 5.32 Å². The van der Waals surface area contributed by atoms with Gasteiger partial charge in [-0.1, -0.05) is 0 Å². The molecule has 3 N–H and O–H groups in total. The van der Waals surface area contributed by atoms with Crippen LogP contribution >= 0.6 is 0 Å². The average Bonchev–Trinajstić information content (AvgIpc) is 2.39. The van der Waals surface area contributed by atoms with E-state index < -0.39 is 40.5 Å². The summed E-state index contributed by atoms with van der Waals surface area (Å²) in [6, 6.07) is 0.221. The molecule has 1 unspecified atom stereocenters. The van der Waals surface area contributed by atoms with Crippen LogP contribution in [-0.2, 0) is 16.5 Å². The van der Waals surface area contributed by atoms with Gasteiger partial charge in [0.25, 0.3) is 0 Å². The number of carbonyl (C=O) groups is 1. The molecule has 2 rings (SSSR count). The summed E-state index contributed by atoms with van der Waals surface area (Å²) < 4.78 is 57.1. The number of hydrogen-bond acceptors (Lipinski definition) is 4. The monoisotopic (exact) mass is 338 g/mol. The van der Waals surface area contributed by atoms with Crippen molar-refractivity contribution in [1.82, 2.24) is 10.3 Å². The van der Waals surface area contributed by atoms with Crippen molar-refractivity contribution in [3.05, 3.63) is 29.3 Å². The van der Waals surface area contributed by atoms with Gasteiger partial charge in [-0.15, -0.1) is 0 Å². The second-order valence-corrected chi connectivity index (χ2v) is 5.46. The zero-order chi connectivity index (χ0) is 17.5. The molecule has 1 aliphatic heterocycles. The standard InChI is InChI=1S/C13H14F4N2O4/c1-11(22)6-23-3-2-12(11,19-10(20)21)9-8(14)4-7(5-18-9)13(15,16)17/h4-5,19,22H,2-3,6H2,1H3,(H,20,21)/t11-,12?/m0/s1. The number of hydrogen-bond donors (Lipinski definition) is 3. The molecule has 1 aromatic heterocycles. The Bertz CT molecular complexity index is 620. The van der Waals surface area contributed by atoms with Crippen LogP contribution in [0.5, 0.6) is 0 Å². The molecule has 0 saturated carbocycles. The fourth-order valence-electron chi connectivity index (χ4n) is 2.61. The van der Waals surface area contributed by atoms with Crippen LogP contribution in [0, 0.1) is 5.82 Å². The van der Waals surface area contributed by atoms with Gasteiger partial charge < -0.3 is 20.3 Å². The third-order valence-corrected chi connectivity index (χ3v) is 3.82. The van der Waals surface area contributed by atoms with E-state index in [1.54, 1.807) is 0 Å². The van der Waals surface area contributed by atoms with Crippen molar-refractivity contribution in [2.24, 2.45) is 0 Å². The second-order valence-electron chi connectivity index (χ2n) is 5.46. The highest BCUT2D eigenvalue weighted by Gasteiger charge is 2.54. The molecule has 1 amide bonds. The van der Waals surface area contributed by atoms with Crippen LogP contribution < -0.4 is 5.32 Å². The molecule has 0 radical (unpaired) electrons. The number of nitrogens with one attached hydrogen (secondary N) is 1. The largest absolute Gasteiger partial charge is 0.465 e. The first-order valence-electron chi connectivity index (χ1n) is 6.54. The van der Waals surface area contributed by atoms with Crippen LogP contribution in [0.2, 0.25) is 0 Å². The summed E-state index contributed by atoms with van der Waals surface area (Å²) in [6.07, 6.45) is -6.16. The molecule has 2 atom stereocenters. The van der Waals surface area contributed by atoms with Gasteiger partial charge in [0.05, 0.1) is 12.2 Å². The third-order valence-electron chi connectivity index (χ3n) is 3.82. The van der Waals surface area contributed by atoms with Crippen molar-refractivity contribution in [2.75, 3.05) is 13.2 Å². The van der Waals surface area contributed by atoms with Crippen molar-refractivity contribution in [3.63, 3.8) is 0 Å². The van der Waals surface area contributed by atoms with Crippen molar-refractivity contribution >= 4 is 6.09 Å². The van der Waals surface area contributed by atoms with Gasteiger partial charge in [0.1, 0.15) is 22.7 Å². The lowest BCUT2D eigenvalue weighted by atomic mass is 9.74. The quantitative estimate of drug-likeness (QED) is 0.716. The Morgan fingerprint density at radius 1 is 1.48 bits per heavy atom. The summed E-state index contributed by atoms with van der Waals surface area (Å²) in [7, 11) is 0. The summed E-state index contributed by atoms with van der Waals surface area (Å²) in [4.78, 5) is 14.5. The molecule has 0 aromatic carbocycles. The molecule has 0 aliphatic carbocycles. The first-order valence-corrected chi connectivity index (χ1v) is 6.54. The fourth-order valence-corrected chi connectivity index (χ4v) is 2.61. The van der Waals surface area contributed by atoms with Crippen LogP contribution in [0.15, 0.2) is 12.3 Å². The lowest BCUT2D eigenvalue weighted by Crippen LogP contribution is -2.65. The highest BCUT2D eigenvalue weighted by Crippen LogP contribution is 2.40. The SMILES string of the molecule is C[C@]1(O)COCCC1(NC(=O)O)c1ncc(C(F)(F)F)cc1F. The molecule has 1 fully saturated rings. The molecule has 6 nitrogen and oxygen atoms in total. The molecule has 128 valence electrons. The molecule has 10 heteroatoms. The molecule has 0 bridgehead atoms. The number of halogens is 4. The minimum absolute atomic E-state index is 0.0292. The Balaban J connectivity index is 2.59. The maximum atomic E-state index is 14.3. The van der Waals surface area contributed by atoms with E-state index in [2.05, 4.69) is 4.98 Å². The van der Waals surface area contributed by atoms with E-state index >= 15 is 0 Å². The van der Waals surface area contributed by atoms with Gasteiger partial charge in [0, 0.05) is 19.2 Å². The smallest absolute Gasteiger partial charge is 0.417 e. The van der Waals surface area contributed by atoms with Crippen LogP contribution in [0.25, 0.3) is 0 Å². The highest BCUT2D eigenvalue weighted by molar-refractivity contribution is 5.66. The molecule has 1 saturated heterocycles. The summed E-state index contributed by atoms with van der Waals surface area (Å²) in [5, 5.41) is 21.5. The Morgan fingerprint density at radius 3 is 2.61 bits per heavy atom. The Kier molecular flexibility index (Phi) is 4.24. The number of pyridine rings is 1. The van der Waals surface area contributed by atoms with E-state index in [0.717, 1.165) is 0 Å². The first kappa shape index (κ1) is 17.4. The summed E-state index contributed by atoms with van der Waals surface area (Å²) in [5.41, 5.74) is -5.75. The number of carboxylic acid groups (broad SMARTS) is 1. The van der Waals surface area contributed by atoms with Gasteiger partial charge in [0.15, 0.2) is 0 Å². The first-order chi connectivity index (χ1) is 10.5. The zero-order valence-electron chi connectivity index (χ0n) is 11.9. The van der Waals surface area contributed by atoms with Gasteiger partial charge in [-0.2, -0.15) is 13.2 Å².